The summed E-state index contributed by atoms with van der Waals surface area (Å²) in [6, 6.07) is 0. The summed E-state index contributed by atoms with van der Waals surface area (Å²) in [5.41, 5.74) is 0.581. The number of hydrogen-bond acceptors (Lipinski definition) is 0. The molecular formula is C15H32. The molecule has 0 aromatic carbocycles. The predicted octanol–water partition coefficient (Wildman–Crippen LogP) is 5.81. The lowest BCUT2D eigenvalue weighted by atomic mass is 9.80. The van der Waals surface area contributed by atoms with E-state index in [1.54, 1.807) is 0 Å². The van der Waals surface area contributed by atoms with Gasteiger partial charge in [-0.1, -0.05) is 73.1 Å². The molecule has 15 heavy (non-hydrogen) atoms. The van der Waals surface area contributed by atoms with Crippen LogP contribution < -0.4 is 0 Å². The molecule has 0 heterocycles. The van der Waals surface area contributed by atoms with Gasteiger partial charge in [0.25, 0.3) is 0 Å². The molecule has 0 saturated carbocycles. The van der Waals surface area contributed by atoms with Gasteiger partial charge in [0, 0.05) is 0 Å². The molecule has 0 amide bonds. The minimum atomic E-state index is 0.581. The first-order chi connectivity index (χ1) is 7.02. The van der Waals surface area contributed by atoms with Crippen molar-refractivity contribution in [3.63, 3.8) is 0 Å². The summed E-state index contributed by atoms with van der Waals surface area (Å²) >= 11 is 0. The van der Waals surface area contributed by atoms with E-state index in [0.717, 1.165) is 5.92 Å². The maximum atomic E-state index is 2.45. The second-order valence-electron chi connectivity index (χ2n) is 6.05. The van der Waals surface area contributed by atoms with E-state index >= 15 is 0 Å². The highest BCUT2D eigenvalue weighted by Gasteiger charge is 2.17. The molecule has 1 unspecified atom stereocenters. The maximum absolute atomic E-state index is 2.45. The second-order valence-corrected chi connectivity index (χ2v) is 6.05. The Kier molecular flexibility index (Phi) is 8.19. The second kappa shape index (κ2) is 8.19. The molecule has 0 heteroatoms. The SMILES string of the molecule is CCCCCC(C)(C)CCC(C)CCC. The van der Waals surface area contributed by atoms with E-state index in [1.165, 1.54) is 51.4 Å². The first kappa shape index (κ1) is 15.0. The molecule has 0 aromatic rings. The largest absolute Gasteiger partial charge is 0.0654 e. The van der Waals surface area contributed by atoms with Gasteiger partial charge >= 0.3 is 0 Å². The normalized spacial score (nSPS) is 14.2. The Morgan fingerprint density at radius 2 is 1.53 bits per heavy atom. The number of rotatable bonds is 9. The van der Waals surface area contributed by atoms with Crippen LogP contribution in [0.2, 0.25) is 0 Å². The Labute approximate surface area is 97.8 Å². The maximum Gasteiger partial charge on any atom is -0.0354 e. The van der Waals surface area contributed by atoms with Crippen molar-refractivity contribution in [2.75, 3.05) is 0 Å². The van der Waals surface area contributed by atoms with E-state index in [-0.39, 0.29) is 0 Å². The fourth-order valence-electron chi connectivity index (χ4n) is 2.25. The average molecular weight is 212 g/mol. The molecule has 0 aliphatic rings. The van der Waals surface area contributed by atoms with Crippen molar-refractivity contribution in [2.24, 2.45) is 11.3 Å². The standard InChI is InChI=1S/C15H32/c1-6-8-9-12-15(4,5)13-11-14(3)10-7-2/h14H,6-13H2,1-5H3. The molecule has 0 aliphatic heterocycles. The lowest BCUT2D eigenvalue weighted by molar-refractivity contribution is 0.264. The van der Waals surface area contributed by atoms with Gasteiger partial charge in [0.15, 0.2) is 0 Å². The van der Waals surface area contributed by atoms with E-state index in [4.69, 9.17) is 0 Å². The Morgan fingerprint density at radius 3 is 2.07 bits per heavy atom. The number of hydrogen-bond donors (Lipinski definition) is 0. The van der Waals surface area contributed by atoms with Gasteiger partial charge in [-0.05, 0) is 24.2 Å². The zero-order valence-electron chi connectivity index (χ0n) is 11.7. The Balaban J connectivity index is 3.62. The Bertz CT molecular complexity index is 135. The summed E-state index contributed by atoms with van der Waals surface area (Å²) in [7, 11) is 0. The van der Waals surface area contributed by atoms with Crippen LogP contribution in [0.5, 0.6) is 0 Å². The first-order valence-electron chi connectivity index (χ1n) is 7.02. The van der Waals surface area contributed by atoms with Crippen molar-refractivity contribution >= 4 is 0 Å². The topological polar surface area (TPSA) is 0 Å². The van der Waals surface area contributed by atoms with Crippen LogP contribution in [0.25, 0.3) is 0 Å². The Hall–Kier alpha value is 0. The van der Waals surface area contributed by atoms with Crippen LogP contribution in [0, 0.1) is 11.3 Å². The first-order valence-corrected chi connectivity index (χ1v) is 7.02. The zero-order chi connectivity index (χ0) is 11.7. The summed E-state index contributed by atoms with van der Waals surface area (Å²) in [4.78, 5) is 0. The van der Waals surface area contributed by atoms with Gasteiger partial charge in [-0.3, -0.25) is 0 Å². The molecule has 0 aromatic heterocycles. The van der Waals surface area contributed by atoms with Crippen LogP contribution in [-0.2, 0) is 0 Å². The molecular weight excluding hydrogens is 180 g/mol. The highest BCUT2D eigenvalue weighted by atomic mass is 14.2. The van der Waals surface area contributed by atoms with E-state index < -0.39 is 0 Å². The summed E-state index contributed by atoms with van der Waals surface area (Å²) in [5, 5.41) is 0. The van der Waals surface area contributed by atoms with Gasteiger partial charge in [-0.25, -0.2) is 0 Å². The highest BCUT2D eigenvalue weighted by molar-refractivity contribution is 4.70. The van der Waals surface area contributed by atoms with Gasteiger partial charge in [0.1, 0.15) is 0 Å². The molecule has 0 aliphatic carbocycles. The van der Waals surface area contributed by atoms with E-state index in [2.05, 4.69) is 34.6 Å². The van der Waals surface area contributed by atoms with Crippen molar-refractivity contribution < 1.29 is 0 Å². The van der Waals surface area contributed by atoms with Crippen LogP contribution >= 0.6 is 0 Å². The molecule has 0 bridgehead atoms. The van der Waals surface area contributed by atoms with Gasteiger partial charge in [0.05, 0.1) is 0 Å². The van der Waals surface area contributed by atoms with Crippen molar-refractivity contribution in [1.82, 2.24) is 0 Å². The molecule has 0 N–H and O–H groups in total. The summed E-state index contributed by atoms with van der Waals surface area (Å²) in [6.07, 6.45) is 11.2. The van der Waals surface area contributed by atoms with Gasteiger partial charge < -0.3 is 0 Å². The van der Waals surface area contributed by atoms with E-state index in [1.807, 2.05) is 0 Å². The quantitative estimate of drug-likeness (QED) is 0.423. The lowest BCUT2D eigenvalue weighted by Crippen LogP contribution is -2.13. The monoisotopic (exact) mass is 212 g/mol. The smallest absolute Gasteiger partial charge is 0.0354 e. The minimum Gasteiger partial charge on any atom is -0.0654 e. The van der Waals surface area contributed by atoms with Crippen molar-refractivity contribution in [3.05, 3.63) is 0 Å². The van der Waals surface area contributed by atoms with Crippen molar-refractivity contribution in [3.8, 4) is 0 Å². The Morgan fingerprint density at radius 1 is 0.867 bits per heavy atom. The zero-order valence-corrected chi connectivity index (χ0v) is 11.7. The summed E-state index contributed by atoms with van der Waals surface area (Å²) < 4.78 is 0. The molecule has 1 atom stereocenters. The minimum absolute atomic E-state index is 0.581. The molecule has 0 saturated heterocycles. The fourth-order valence-corrected chi connectivity index (χ4v) is 2.25. The van der Waals surface area contributed by atoms with Crippen LogP contribution in [0.4, 0.5) is 0 Å². The van der Waals surface area contributed by atoms with Crippen molar-refractivity contribution in [2.45, 2.75) is 86.0 Å². The van der Waals surface area contributed by atoms with Gasteiger partial charge in [0.2, 0.25) is 0 Å². The third-order valence-corrected chi connectivity index (χ3v) is 3.55. The van der Waals surface area contributed by atoms with Crippen LogP contribution in [0.1, 0.15) is 86.0 Å². The lowest BCUT2D eigenvalue weighted by Gasteiger charge is -2.26. The molecule has 0 nitrogen and oxygen atoms in total. The van der Waals surface area contributed by atoms with Gasteiger partial charge in [-0.2, -0.15) is 0 Å². The fraction of sp³-hybridized carbons (Fsp3) is 1.00. The summed E-state index contributed by atoms with van der Waals surface area (Å²) in [6.45, 7) is 11.9. The average Bonchev–Trinajstić information content (AvgIpc) is 2.16. The predicted molar refractivity (Wildman–Crippen MR) is 71.2 cm³/mol. The van der Waals surface area contributed by atoms with E-state index in [0.29, 0.717) is 5.41 Å². The van der Waals surface area contributed by atoms with E-state index in [9.17, 15) is 0 Å². The third-order valence-electron chi connectivity index (χ3n) is 3.55. The highest BCUT2D eigenvalue weighted by Crippen LogP contribution is 2.31. The molecule has 0 fully saturated rings. The molecule has 92 valence electrons. The molecule has 0 radical (unpaired) electrons. The third kappa shape index (κ3) is 8.96. The van der Waals surface area contributed by atoms with Gasteiger partial charge in [-0.15, -0.1) is 0 Å². The molecule has 0 rings (SSSR count). The molecule has 0 spiro atoms. The van der Waals surface area contributed by atoms with Crippen LogP contribution in [0.15, 0.2) is 0 Å². The van der Waals surface area contributed by atoms with Crippen LogP contribution in [0.3, 0.4) is 0 Å². The number of unbranched alkanes of at least 4 members (excludes halogenated alkanes) is 2. The van der Waals surface area contributed by atoms with Crippen LogP contribution in [-0.4, -0.2) is 0 Å². The van der Waals surface area contributed by atoms with Crippen molar-refractivity contribution in [1.29, 1.82) is 0 Å². The summed E-state index contributed by atoms with van der Waals surface area (Å²) in [5.74, 6) is 0.931.